The lowest BCUT2D eigenvalue weighted by Gasteiger charge is -2.09. The molecular weight excluding hydrogens is 256 g/mol. The zero-order chi connectivity index (χ0) is 13.9. The minimum Gasteiger partial charge on any atom is -0.467 e. The Morgan fingerprint density at radius 2 is 2.25 bits per heavy atom. The number of amides is 1. The lowest BCUT2D eigenvalue weighted by molar-refractivity contribution is 0.0901. The maximum absolute atomic E-state index is 12.0. The first-order valence-electron chi connectivity index (χ1n) is 6.31. The highest BCUT2D eigenvalue weighted by Crippen LogP contribution is 2.15. The van der Waals surface area contributed by atoms with Crippen LogP contribution in [-0.2, 0) is 0 Å². The van der Waals surface area contributed by atoms with Crippen LogP contribution in [0.1, 0.15) is 22.2 Å². The van der Waals surface area contributed by atoms with Crippen LogP contribution in [0.15, 0.2) is 53.3 Å². The van der Waals surface area contributed by atoms with Crippen LogP contribution in [0, 0.1) is 0 Å². The van der Waals surface area contributed by atoms with Crippen molar-refractivity contribution in [3.8, 4) is 0 Å². The molecule has 102 valence electrons. The molecule has 2 heterocycles. The van der Waals surface area contributed by atoms with E-state index in [-0.39, 0.29) is 12.5 Å². The Labute approximate surface area is 115 Å². The van der Waals surface area contributed by atoms with Gasteiger partial charge in [-0.15, -0.1) is 0 Å². The van der Waals surface area contributed by atoms with Gasteiger partial charge in [-0.3, -0.25) is 4.79 Å². The third-order valence-electron chi connectivity index (χ3n) is 3.14. The summed E-state index contributed by atoms with van der Waals surface area (Å²) >= 11 is 0. The number of aromatic amines is 1. The average Bonchev–Trinajstić information content (AvgIpc) is 3.13. The molecule has 1 amide bonds. The molecule has 5 nitrogen and oxygen atoms in total. The van der Waals surface area contributed by atoms with Crippen molar-refractivity contribution in [1.29, 1.82) is 0 Å². The SMILES string of the molecule is O=C(NCC(O)c1ccco1)c1ccc2cc[nH]c2c1. The van der Waals surface area contributed by atoms with Gasteiger partial charge in [-0.05, 0) is 35.7 Å². The minimum atomic E-state index is -0.844. The average molecular weight is 270 g/mol. The molecule has 0 spiro atoms. The smallest absolute Gasteiger partial charge is 0.251 e. The highest BCUT2D eigenvalue weighted by atomic mass is 16.4. The summed E-state index contributed by atoms with van der Waals surface area (Å²) in [6.45, 7) is 0.106. The van der Waals surface area contributed by atoms with E-state index in [1.165, 1.54) is 6.26 Å². The molecule has 3 aromatic rings. The van der Waals surface area contributed by atoms with E-state index in [4.69, 9.17) is 4.42 Å². The van der Waals surface area contributed by atoms with Crippen LogP contribution in [-0.4, -0.2) is 22.5 Å². The van der Waals surface area contributed by atoms with Crippen LogP contribution in [0.2, 0.25) is 0 Å². The van der Waals surface area contributed by atoms with E-state index in [0.717, 1.165) is 10.9 Å². The van der Waals surface area contributed by atoms with Crippen LogP contribution in [0.5, 0.6) is 0 Å². The van der Waals surface area contributed by atoms with E-state index in [1.54, 1.807) is 24.3 Å². The van der Waals surface area contributed by atoms with Gasteiger partial charge in [0, 0.05) is 17.3 Å². The van der Waals surface area contributed by atoms with Crippen molar-refractivity contribution in [2.75, 3.05) is 6.54 Å². The van der Waals surface area contributed by atoms with Gasteiger partial charge in [-0.2, -0.15) is 0 Å². The first-order chi connectivity index (χ1) is 9.74. The fraction of sp³-hybridized carbons (Fsp3) is 0.133. The van der Waals surface area contributed by atoms with Gasteiger partial charge in [-0.25, -0.2) is 0 Å². The molecule has 0 radical (unpaired) electrons. The maximum Gasteiger partial charge on any atom is 0.251 e. The summed E-state index contributed by atoms with van der Waals surface area (Å²) in [5.74, 6) is 0.206. The number of rotatable bonds is 4. The van der Waals surface area contributed by atoms with E-state index < -0.39 is 6.10 Å². The number of nitrogens with one attached hydrogen (secondary N) is 2. The number of hydrogen-bond acceptors (Lipinski definition) is 3. The van der Waals surface area contributed by atoms with E-state index in [1.807, 2.05) is 18.3 Å². The lowest BCUT2D eigenvalue weighted by Crippen LogP contribution is -2.28. The van der Waals surface area contributed by atoms with Gasteiger partial charge in [0.15, 0.2) is 0 Å². The summed E-state index contributed by atoms with van der Waals surface area (Å²) in [4.78, 5) is 15.1. The predicted octanol–water partition coefficient (Wildman–Crippen LogP) is 2.22. The number of benzene rings is 1. The molecule has 0 saturated carbocycles. The van der Waals surface area contributed by atoms with Crippen molar-refractivity contribution in [3.63, 3.8) is 0 Å². The quantitative estimate of drug-likeness (QED) is 0.680. The summed E-state index contributed by atoms with van der Waals surface area (Å²) < 4.78 is 5.07. The van der Waals surface area contributed by atoms with Gasteiger partial charge in [0.2, 0.25) is 0 Å². The van der Waals surface area contributed by atoms with Gasteiger partial charge >= 0.3 is 0 Å². The van der Waals surface area contributed by atoms with Gasteiger partial charge < -0.3 is 19.8 Å². The summed E-state index contributed by atoms with van der Waals surface area (Å²) in [5.41, 5.74) is 1.45. The third-order valence-corrected chi connectivity index (χ3v) is 3.14. The van der Waals surface area contributed by atoms with Crippen molar-refractivity contribution in [2.45, 2.75) is 6.10 Å². The Bertz CT molecular complexity index is 716. The van der Waals surface area contributed by atoms with Crippen LogP contribution >= 0.6 is 0 Å². The fourth-order valence-corrected chi connectivity index (χ4v) is 2.06. The van der Waals surface area contributed by atoms with Gasteiger partial charge in [0.1, 0.15) is 11.9 Å². The Balaban J connectivity index is 1.66. The Morgan fingerprint density at radius 1 is 1.35 bits per heavy atom. The molecule has 0 fully saturated rings. The van der Waals surface area contributed by atoms with E-state index in [2.05, 4.69) is 10.3 Å². The number of hydrogen-bond donors (Lipinski definition) is 3. The molecule has 1 atom stereocenters. The molecular formula is C15H14N2O3. The highest BCUT2D eigenvalue weighted by molar-refractivity contribution is 5.97. The Hall–Kier alpha value is -2.53. The second kappa shape index (κ2) is 5.22. The van der Waals surface area contributed by atoms with Gasteiger partial charge in [0.25, 0.3) is 5.91 Å². The van der Waals surface area contributed by atoms with Crippen molar-refractivity contribution < 1.29 is 14.3 Å². The number of aliphatic hydroxyl groups excluding tert-OH is 1. The fourth-order valence-electron chi connectivity index (χ4n) is 2.06. The van der Waals surface area contributed by atoms with Crippen LogP contribution in [0.3, 0.4) is 0 Å². The van der Waals surface area contributed by atoms with Crippen molar-refractivity contribution in [3.05, 3.63) is 60.2 Å². The second-order valence-corrected chi connectivity index (χ2v) is 4.52. The summed E-state index contributed by atoms with van der Waals surface area (Å²) in [6, 6.07) is 10.7. The number of carbonyl (C=O) groups is 1. The molecule has 1 aromatic carbocycles. The maximum atomic E-state index is 12.0. The minimum absolute atomic E-state index is 0.106. The van der Waals surface area contributed by atoms with Gasteiger partial charge in [-0.1, -0.05) is 6.07 Å². The molecule has 0 aliphatic rings. The number of H-pyrrole nitrogens is 1. The molecule has 3 rings (SSSR count). The second-order valence-electron chi connectivity index (χ2n) is 4.52. The molecule has 3 N–H and O–H groups in total. The molecule has 0 saturated heterocycles. The molecule has 0 aliphatic carbocycles. The van der Waals surface area contributed by atoms with Crippen LogP contribution in [0.4, 0.5) is 0 Å². The van der Waals surface area contributed by atoms with Crippen LogP contribution < -0.4 is 5.32 Å². The third kappa shape index (κ3) is 2.44. The largest absolute Gasteiger partial charge is 0.467 e. The van der Waals surface area contributed by atoms with E-state index in [0.29, 0.717) is 11.3 Å². The van der Waals surface area contributed by atoms with Crippen molar-refractivity contribution in [1.82, 2.24) is 10.3 Å². The number of fused-ring (bicyclic) bond motifs is 1. The van der Waals surface area contributed by atoms with Crippen LogP contribution in [0.25, 0.3) is 10.9 Å². The van der Waals surface area contributed by atoms with Crippen molar-refractivity contribution >= 4 is 16.8 Å². The Morgan fingerprint density at radius 3 is 3.05 bits per heavy atom. The highest BCUT2D eigenvalue weighted by Gasteiger charge is 2.13. The van der Waals surface area contributed by atoms with Gasteiger partial charge in [0.05, 0.1) is 12.8 Å². The molecule has 1 unspecified atom stereocenters. The summed E-state index contributed by atoms with van der Waals surface area (Å²) in [7, 11) is 0. The molecule has 0 bridgehead atoms. The predicted molar refractivity (Wildman–Crippen MR) is 74.3 cm³/mol. The number of aliphatic hydroxyl groups is 1. The zero-order valence-electron chi connectivity index (χ0n) is 10.7. The van der Waals surface area contributed by atoms with Crippen molar-refractivity contribution in [2.24, 2.45) is 0 Å². The molecule has 0 aliphatic heterocycles. The molecule has 5 heteroatoms. The zero-order valence-corrected chi connectivity index (χ0v) is 10.7. The lowest BCUT2D eigenvalue weighted by atomic mass is 10.1. The molecule has 20 heavy (non-hydrogen) atoms. The normalized spacial score (nSPS) is 12.4. The number of furan rings is 1. The molecule has 2 aromatic heterocycles. The monoisotopic (exact) mass is 270 g/mol. The number of aromatic nitrogens is 1. The number of carbonyl (C=O) groups excluding carboxylic acids is 1. The van der Waals surface area contributed by atoms with E-state index in [9.17, 15) is 9.90 Å². The topological polar surface area (TPSA) is 78.3 Å². The first kappa shape index (κ1) is 12.5. The van der Waals surface area contributed by atoms with E-state index >= 15 is 0 Å². The first-order valence-corrected chi connectivity index (χ1v) is 6.31. The standard InChI is InChI=1S/C15H14N2O3/c18-13(14-2-1-7-20-14)9-17-15(19)11-4-3-10-5-6-16-12(10)8-11/h1-8,13,16,18H,9H2,(H,17,19). The summed E-state index contributed by atoms with van der Waals surface area (Å²) in [5, 5.41) is 13.6. The summed E-state index contributed by atoms with van der Waals surface area (Å²) in [6.07, 6.45) is 2.47. The Kier molecular flexibility index (Phi) is 3.26.